The predicted molar refractivity (Wildman–Crippen MR) is 225 cm³/mol. The number of anilines is 6. The van der Waals surface area contributed by atoms with Gasteiger partial charge in [0.1, 0.15) is 0 Å². The summed E-state index contributed by atoms with van der Waals surface area (Å²) in [7, 11) is 0. The van der Waals surface area contributed by atoms with Gasteiger partial charge in [-0.3, -0.25) is 0 Å². The molecule has 0 aliphatic carbocycles. The van der Waals surface area contributed by atoms with E-state index in [0.717, 1.165) is 11.4 Å². The molecular formula is C50H44N2. The summed E-state index contributed by atoms with van der Waals surface area (Å²) in [5.41, 5.74) is 17.0. The Balaban J connectivity index is 1.22. The van der Waals surface area contributed by atoms with E-state index < -0.39 is 0 Å². The second kappa shape index (κ2) is 13.5. The molecule has 0 amide bonds. The monoisotopic (exact) mass is 672 g/mol. The summed E-state index contributed by atoms with van der Waals surface area (Å²) >= 11 is 0. The van der Waals surface area contributed by atoms with Gasteiger partial charge >= 0.3 is 0 Å². The second-order valence-corrected chi connectivity index (χ2v) is 14.2. The highest BCUT2D eigenvalue weighted by Gasteiger charge is 2.21. The van der Waals surface area contributed by atoms with E-state index in [9.17, 15) is 0 Å². The van der Waals surface area contributed by atoms with Crippen molar-refractivity contribution >= 4 is 55.7 Å². The molecule has 0 spiro atoms. The van der Waals surface area contributed by atoms with E-state index in [4.69, 9.17) is 0 Å². The summed E-state index contributed by atoms with van der Waals surface area (Å²) in [6.45, 7) is 13.3. The van der Waals surface area contributed by atoms with Crippen LogP contribution in [0, 0.1) is 41.5 Å². The lowest BCUT2D eigenvalue weighted by molar-refractivity contribution is 1.20. The topological polar surface area (TPSA) is 6.48 Å². The fraction of sp³-hybridized carbons (Fsp3) is 0.120. The molecule has 0 N–H and O–H groups in total. The lowest BCUT2D eigenvalue weighted by Crippen LogP contribution is -2.14. The molecule has 8 aromatic rings. The first-order valence-corrected chi connectivity index (χ1v) is 18.2. The quantitative estimate of drug-likeness (QED) is 0.166. The van der Waals surface area contributed by atoms with Crippen LogP contribution < -0.4 is 9.80 Å². The number of rotatable bonds is 7. The van der Waals surface area contributed by atoms with Crippen molar-refractivity contribution < 1.29 is 0 Å². The van der Waals surface area contributed by atoms with Gasteiger partial charge in [-0.2, -0.15) is 0 Å². The average Bonchev–Trinajstić information content (AvgIpc) is 3.15. The van der Waals surface area contributed by atoms with Crippen LogP contribution in [0.1, 0.15) is 33.4 Å². The zero-order chi connectivity index (χ0) is 35.9. The Hall–Kier alpha value is -6.12. The molecule has 0 bridgehead atoms. The van der Waals surface area contributed by atoms with E-state index in [0.29, 0.717) is 0 Å². The summed E-state index contributed by atoms with van der Waals surface area (Å²) in [5.74, 6) is 0. The van der Waals surface area contributed by atoms with Crippen LogP contribution in [-0.2, 0) is 0 Å². The molecule has 8 aromatic carbocycles. The van der Waals surface area contributed by atoms with Crippen molar-refractivity contribution in [3.63, 3.8) is 0 Å². The van der Waals surface area contributed by atoms with Crippen molar-refractivity contribution in [1.82, 2.24) is 0 Å². The summed E-state index contributed by atoms with van der Waals surface area (Å²) in [4.78, 5) is 4.88. The molecule has 8 rings (SSSR count). The molecule has 0 fully saturated rings. The standard InChI is InChI=1S/C50H44N2/c1-33-13-11-14-34(2)49(33)51(45-25-21-39-17-7-9-19-41(39)31-45)47-27-23-43(29-37(47)5)44-24-28-48(38(6)30-44)52(50-35(3)15-12-16-36(50)4)46-26-22-40-18-8-10-20-42(40)32-46/h7-32H,1-6H3. The number of benzene rings is 8. The SMILES string of the molecule is Cc1cc(-c2ccc(N(c3ccc4ccccc4c3)c3c(C)cccc3C)c(C)c2)ccc1N(c1ccc2ccccc2c1)c1c(C)cccc1C. The zero-order valence-electron chi connectivity index (χ0n) is 30.9. The van der Waals surface area contributed by atoms with Gasteiger partial charge < -0.3 is 9.80 Å². The Morgan fingerprint density at radius 1 is 0.288 bits per heavy atom. The van der Waals surface area contributed by atoms with Gasteiger partial charge in [-0.25, -0.2) is 0 Å². The van der Waals surface area contributed by atoms with Gasteiger partial charge in [0, 0.05) is 22.7 Å². The van der Waals surface area contributed by atoms with Crippen LogP contribution in [0.5, 0.6) is 0 Å². The summed E-state index contributed by atoms with van der Waals surface area (Å²) in [6.07, 6.45) is 0. The molecule has 2 heteroatoms. The van der Waals surface area contributed by atoms with Crippen molar-refractivity contribution in [2.45, 2.75) is 41.5 Å². The first-order chi connectivity index (χ1) is 25.3. The minimum Gasteiger partial charge on any atom is -0.310 e. The van der Waals surface area contributed by atoms with Crippen LogP contribution in [0.15, 0.2) is 158 Å². The average molecular weight is 673 g/mol. The Morgan fingerprint density at radius 2 is 0.654 bits per heavy atom. The minimum atomic E-state index is 1.16. The number of aryl methyl sites for hydroxylation is 6. The number of para-hydroxylation sites is 2. The lowest BCUT2D eigenvalue weighted by Gasteiger charge is -2.31. The fourth-order valence-corrected chi connectivity index (χ4v) is 7.90. The highest BCUT2D eigenvalue weighted by molar-refractivity contribution is 5.93. The van der Waals surface area contributed by atoms with Gasteiger partial charge in [0.15, 0.2) is 0 Å². The summed E-state index contributed by atoms with van der Waals surface area (Å²) < 4.78 is 0. The van der Waals surface area contributed by atoms with Gasteiger partial charge in [0.25, 0.3) is 0 Å². The molecule has 0 atom stereocenters. The van der Waals surface area contributed by atoms with Gasteiger partial charge in [-0.1, -0.05) is 109 Å². The summed E-state index contributed by atoms with van der Waals surface area (Å²) in [5, 5.41) is 4.96. The molecule has 0 heterocycles. The van der Waals surface area contributed by atoms with Crippen molar-refractivity contribution in [2.24, 2.45) is 0 Å². The largest absolute Gasteiger partial charge is 0.310 e. The third-order valence-electron chi connectivity index (χ3n) is 10.5. The lowest BCUT2D eigenvalue weighted by atomic mass is 9.97. The second-order valence-electron chi connectivity index (χ2n) is 14.2. The van der Waals surface area contributed by atoms with Gasteiger partial charge in [0.2, 0.25) is 0 Å². The molecule has 0 aliphatic heterocycles. The third kappa shape index (κ3) is 6.01. The molecule has 2 nitrogen and oxygen atoms in total. The molecule has 0 saturated heterocycles. The normalized spacial score (nSPS) is 11.3. The van der Waals surface area contributed by atoms with E-state index in [-0.39, 0.29) is 0 Å². The van der Waals surface area contributed by atoms with E-state index >= 15 is 0 Å². The van der Waals surface area contributed by atoms with Crippen molar-refractivity contribution in [3.8, 4) is 11.1 Å². The Kier molecular flexibility index (Phi) is 8.61. The Labute approximate surface area is 308 Å². The molecule has 0 unspecified atom stereocenters. The van der Waals surface area contributed by atoms with Gasteiger partial charge in [-0.05, 0) is 156 Å². The predicted octanol–water partition coefficient (Wildman–Crippen LogP) is 14.5. The van der Waals surface area contributed by atoms with Gasteiger partial charge in [0.05, 0.1) is 11.4 Å². The van der Waals surface area contributed by atoms with Crippen molar-refractivity contribution in [2.75, 3.05) is 9.80 Å². The Bertz CT molecular complexity index is 2390. The molecule has 254 valence electrons. The molecule has 0 radical (unpaired) electrons. The molecule has 0 saturated carbocycles. The van der Waals surface area contributed by atoms with Crippen LogP contribution in [0.25, 0.3) is 32.7 Å². The first-order valence-electron chi connectivity index (χ1n) is 18.2. The molecular weight excluding hydrogens is 629 g/mol. The van der Waals surface area contributed by atoms with Crippen LogP contribution in [0.4, 0.5) is 34.1 Å². The van der Waals surface area contributed by atoms with Crippen molar-refractivity contribution in [1.29, 1.82) is 0 Å². The smallest absolute Gasteiger partial charge is 0.0520 e. The van der Waals surface area contributed by atoms with Crippen LogP contribution >= 0.6 is 0 Å². The maximum atomic E-state index is 2.44. The van der Waals surface area contributed by atoms with Crippen molar-refractivity contribution in [3.05, 3.63) is 191 Å². The zero-order valence-corrected chi connectivity index (χ0v) is 30.9. The highest BCUT2D eigenvalue weighted by atomic mass is 15.2. The first kappa shape index (κ1) is 33.0. The molecule has 0 aliphatic rings. The number of hydrogen-bond acceptors (Lipinski definition) is 2. The molecule has 0 aromatic heterocycles. The van der Waals surface area contributed by atoms with E-state index in [2.05, 4.69) is 209 Å². The van der Waals surface area contributed by atoms with E-state index in [1.54, 1.807) is 0 Å². The van der Waals surface area contributed by atoms with Crippen LogP contribution in [-0.4, -0.2) is 0 Å². The number of fused-ring (bicyclic) bond motifs is 2. The maximum absolute atomic E-state index is 2.44. The van der Waals surface area contributed by atoms with E-state index in [1.807, 2.05) is 0 Å². The highest BCUT2D eigenvalue weighted by Crippen LogP contribution is 2.44. The fourth-order valence-electron chi connectivity index (χ4n) is 7.90. The van der Waals surface area contributed by atoms with Gasteiger partial charge in [-0.15, -0.1) is 0 Å². The third-order valence-corrected chi connectivity index (χ3v) is 10.5. The molecule has 52 heavy (non-hydrogen) atoms. The maximum Gasteiger partial charge on any atom is 0.0520 e. The van der Waals surface area contributed by atoms with E-state index in [1.165, 1.54) is 88.8 Å². The number of hydrogen-bond donors (Lipinski definition) is 0. The Morgan fingerprint density at radius 3 is 1.02 bits per heavy atom. The summed E-state index contributed by atoms with van der Waals surface area (Å²) in [6, 6.07) is 57.8. The number of nitrogens with zero attached hydrogens (tertiary/aromatic N) is 2. The van der Waals surface area contributed by atoms with Crippen LogP contribution in [0.3, 0.4) is 0 Å². The minimum absolute atomic E-state index is 1.16. The van der Waals surface area contributed by atoms with Crippen LogP contribution in [0.2, 0.25) is 0 Å².